The number of nitrogens with one attached hydrogen (secondary N) is 1. The number of pyridine rings is 1. The first-order valence-electron chi connectivity index (χ1n) is 8.21. The number of benzene rings is 1. The smallest absolute Gasteiger partial charge is 0.226 e. The van der Waals surface area contributed by atoms with Crippen LogP contribution < -0.4 is 5.32 Å². The molecule has 1 N–H and O–H groups in total. The van der Waals surface area contributed by atoms with E-state index in [0.717, 1.165) is 16.7 Å². The van der Waals surface area contributed by atoms with E-state index in [-0.39, 0.29) is 24.2 Å². The van der Waals surface area contributed by atoms with Gasteiger partial charge in [0.2, 0.25) is 11.8 Å². The van der Waals surface area contributed by atoms with Gasteiger partial charge in [-0.25, -0.2) is 9.38 Å². The minimum atomic E-state index is -0.356. The largest absolute Gasteiger partial charge is 0.481 e. The molecule has 0 saturated carbocycles. The molecule has 26 heavy (non-hydrogen) atoms. The second kappa shape index (κ2) is 8.05. The van der Waals surface area contributed by atoms with Gasteiger partial charge in [0.15, 0.2) is 0 Å². The average Bonchev–Trinajstić information content (AvgIpc) is 3.04. The fraction of sp³-hybridized carbons (Fsp3) is 0.316. The number of fused-ring (bicyclic) bond motifs is 1. The Labute approximate surface area is 151 Å². The summed E-state index contributed by atoms with van der Waals surface area (Å²) in [5.74, 6) is 0.0610. The lowest BCUT2D eigenvalue weighted by Crippen LogP contribution is -2.32. The van der Waals surface area contributed by atoms with Gasteiger partial charge in [0.05, 0.1) is 44.0 Å². The highest BCUT2D eigenvalue weighted by atomic mass is 19.1. The molecule has 1 aliphatic rings. The Hall–Kier alpha value is -2.80. The normalized spacial score (nSPS) is 13.7. The van der Waals surface area contributed by atoms with Crippen LogP contribution in [0.2, 0.25) is 0 Å². The van der Waals surface area contributed by atoms with Crippen molar-refractivity contribution in [3.05, 3.63) is 64.7 Å². The van der Waals surface area contributed by atoms with Crippen LogP contribution in [-0.4, -0.2) is 37.6 Å². The van der Waals surface area contributed by atoms with E-state index < -0.39 is 0 Å². The molecule has 1 aliphatic heterocycles. The zero-order chi connectivity index (χ0) is 18.5. The number of amides is 1. The first kappa shape index (κ1) is 18.0. The minimum absolute atomic E-state index is 0.136. The number of halogens is 1. The zero-order valence-electron chi connectivity index (χ0n) is 14.7. The summed E-state index contributed by atoms with van der Waals surface area (Å²) in [6.45, 7) is 0.817. The molecule has 1 unspecified atom stereocenters. The van der Waals surface area contributed by atoms with Gasteiger partial charge in [0.25, 0.3) is 0 Å². The standard InChI is InChI=1S/C19H20FN3O3/c1-25-11-17(12-3-5-14(20)6-4-12)23-18(24)8-15-7-13-9-22-19(26-2)16(13)10-21-15/h3-7,10,17H,8-9,11H2,1-2H3,(H,23,24). The Balaban J connectivity index is 1.66. The van der Waals surface area contributed by atoms with Crippen molar-refractivity contribution in [3.8, 4) is 0 Å². The molecule has 0 fully saturated rings. The van der Waals surface area contributed by atoms with Crippen molar-refractivity contribution >= 4 is 11.8 Å². The molecule has 0 bridgehead atoms. The molecule has 3 rings (SSSR count). The van der Waals surface area contributed by atoms with Crippen molar-refractivity contribution in [1.29, 1.82) is 0 Å². The maximum Gasteiger partial charge on any atom is 0.226 e. The second-order valence-electron chi connectivity index (χ2n) is 5.96. The summed E-state index contributed by atoms with van der Waals surface area (Å²) in [5.41, 5.74) is 3.29. The Bertz CT molecular complexity index is 821. The molecular weight excluding hydrogens is 337 g/mol. The van der Waals surface area contributed by atoms with E-state index in [0.29, 0.717) is 24.7 Å². The fourth-order valence-electron chi connectivity index (χ4n) is 2.88. The number of hydrogen-bond donors (Lipinski definition) is 1. The van der Waals surface area contributed by atoms with Gasteiger partial charge in [-0.05, 0) is 29.3 Å². The van der Waals surface area contributed by atoms with Gasteiger partial charge < -0.3 is 14.8 Å². The van der Waals surface area contributed by atoms with Crippen LogP contribution in [0.1, 0.15) is 28.4 Å². The molecule has 1 aromatic carbocycles. The van der Waals surface area contributed by atoms with Crippen LogP contribution in [0.3, 0.4) is 0 Å². The van der Waals surface area contributed by atoms with Gasteiger partial charge in [-0.3, -0.25) is 9.78 Å². The van der Waals surface area contributed by atoms with Crippen molar-refractivity contribution in [2.75, 3.05) is 20.8 Å². The van der Waals surface area contributed by atoms with E-state index in [1.165, 1.54) is 12.1 Å². The maximum atomic E-state index is 13.1. The molecule has 1 atom stereocenters. The van der Waals surface area contributed by atoms with Gasteiger partial charge in [0.1, 0.15) is 5.82 Å². The second-order valence-corrected chi connectivity index (χ2v) is 5.96. The van der Waals surface area contributed by atoms with E-state index in [2.05, 4.69) is 15.3 Å². The number of rotatable bonds is 6. The quantitative estimate of drug-likeness (QED) is 0.860. The molecule has 0 spiro atoms. The molecule has 7 heteroatoms. The minimum Gasteiger partial charge on any atom is -0.481 e. The molecule has 0 radical (unpaired) electrons. The fourth-order valence-corrected chi connectivity index (χ4v) is 2.88. The van der Waals surface area contributed by atoms with Crippen LogP contribution in [0.15, 0.2) is 41.5 Å². The van der Waals surface area contributed by atoms with Crippen molar-refractivity contribution in [2.45, 2.75) is 19.0 Å². The summed E-state index contributed by atoms with van der Waals surface area (Å²) in [4.78, 5) is 21.0. The summed E-state index contributed by atoms with van der Waals surface area (Å²) in [5, 5.41) is 2.91. The van der Waals surface area contributed by atoms with Crippen molar-refractivity contribution in [3.63, 3.8) is 0 Å². The van der Waals surface area contributed by atoms with Crippen LogP contribution in [0, 0.1) is 5.82 Å². The monoisotopic (exact) mass is 357 g/mol. The molecule has 0 saturated heterocycles. The summed E-state index contributed by atoms with van der Waals surface area (Å²) < 4.78 is 23.5. The van der Waals surface area contributed by atoms with Crippen molar-refractivity contribution in [2.24, 2.45) is 4.99 Å². The van der Waals surface area contributed by atoms with Crippen LogP contribution in [0.5, 0.6) is 0 Å². The third-order valence-electron chi connectivity index (χ3n) is 4.15. The van der Waals surface area contributed by atoms with Gasteiger partial charge in [-0.1, -0.05) is 12.1 Å². The molecule has 6 nitrogen and oxygen atoms in total. The first-order valence-corrected chi connectivity index (χ1v) is 8.21. The predicted octanol–water partition coefficient (Wildman–Crippen LogP) is 2.17. The van der Waals surface area contributed by atoms with Gasteiger partial charge >= 0.3 is 0 Å². The van der Waals surface area contributed by atoms with E-state index in [1.807, 2.05) is 6.07 Å². The van der Waals surface area contributed by atoms with Crippen molar-refractivity contribution < 1.29 is 18.7 Å². The number of nitrogens with zero attached hydrogens (tertiary/aromatic N) is 2. The molecule has 1 amide bonds. The highest BCUT2D eigenvalue weighted by molar-refractivity contribution is 5.97. The number of hydrogen-bond acceptors (Lipinski definition) is 5. The van der Waals surface area contributed by atoms with Gasteiger partial charge in [-0.2, -0.15) is 0 Å². The third kappa shape index (κ3) is 4.05. The summed E-state index contributed by atoms with van der Waals surface area (Å²) >= 11 is 0. The van der Waals surface area contributed by atoms with E-state index in [4.69, 9.17) is 9.47 Å². The zero-order valence-corrected chi connectivity index (χ0v) is 14.7. The summed E-state index contributed by atoms with van der Waals surface area (Å²) in [6.07, 6.45) is 1.82. The lowest BCUT2D eigenvalue weighted by molar-refractivity contribution is -0.121. The Morgan fingerprint density at radius 1 is 1.31 bits per heavy atom. The predicted molar refractivity (Wildman–Crippen MR) is 94.4 cm³/mol. The van der Waals surface area contributed by atoms with Crippen LogP contribution in [0.25, 0.3) is 0 Å². The van der Waals surface area contributed by atoms with E-state index in [9.17, 15) is 9.18 Å². The molecule has 1 aromatic heterocycles. The van der Waals surface area contributed by atoms with Crippen molar-refractivity contribution in [1.82, 2.24) is 10.3 Å². The van der Waals surface area contributed by atoms with Gasteiger partial charge in [0, 0.05) is 13.3 Å². The van der Waals surface area contributed by atoms with E-state index >= 15 is 0 Å². The molecule has 2 heterocycles. The van der Waals surface area contributed by atoms with E-state index in [1.54, 1.807) is 32.5 Å². The lowest BCUT2D eigenvalue weighted by Gasteiger charge is -2.18. The maximum absolute atomic E-state index is 13.1. The molecule has 2 aromatic rings. The summed E-state index contributed by atoms with van der Waals surface area (Å²) in [6, 6.07) is 7.51. The molecule has 136 valence electrons. The number of carbonyl (C=O) groups excluding carboxylic acids is 1. The highest BCUT2D eigenvalue weighted by Gasteiger charge is 2.19. The Morgan fingerprint density at radius 2 is 2.08 bits per heavy atom. The third-order valence-corrected chi connectivity index (χ3v) is 4.15. The van der Waals surface area contributed by atoms with Crippen LogP contribution in [0.4, 0.5) is 4.39 Å². The number of methoxy groups -OCH3 is 2. The number of ether oxygens (including phenoxy) is 2. The van der Waals surface area contributed by atoms with Crippen LogP contribution >= 0.6 is 0 Å². The summed E-state index contributed by atoms with van der Waals surface area (Å²) in [7, 11) is 3.12. The molecule has 0 aliphatic carbocycles. The number of aromatic nitrogens is 1. The average molecular weight is 357 g/mol. The number of aliphatic imine (C=N–C) groups is 1. The molecular formula is C19H20FN3O3. The van der Waals surface area contributed by atoms with Crippen LogP contribution in [-0.2, 0) is 27.2 Å². The van der Waals surface area contributed by atoms with Gasteiger partial charge in [-0.15, -0.1) is 0 Å². The Morgan fingerprint density at radius 3 is 2.77 bits per heavy atom. The first-order chi connectivity index (χ1) is 12.6. The highest BCUT2D eigenvalue weighted by Crippen LogP contribution is 2.20. The SMILES string of the molecule is COCC(NC(=O)Cc1cc2c(cn1)C(OC)=NC2)c1ccc(F)cc1. The topological polar surface area (TPSA) is 72.8 Å². The Kier molecular flexibility index (Phi) is 5.58. The lowest BCUT2D eigenvalue weighted by atomic mass is 10.1. The number of carbonyl (C=O) groups is 1.